The van der Waals surface area contributed by atoms with E-state index in [1.807, 2.05) is 54.4 Å². The van der Waals surface area contributed by atoms with Crippen LogP contribution in [0.1, 0.15) is 62.5 Å². The van der Waals surface area contributed by atoms with E-state index in [4.69, 9.17) is 10.5 Å². The van der Waals surface area contributed by atoms with Crippen LogP contribution in [0.5, 0.6) is 5.75 Å². The third-order valence-electron chi connectivity index (χ3n) is 9.79. The molecular formula is C33H42N6O4. The molecule has 2 bridgehead atoms. The van der Waals surface area contributed by atoms with Gasteiger partial charge in [0.15, 0.2) is 5.78 Å². The van der Waals surface area contributed by atoms with E-state index in [2.05, 4.69) is 10.3 Å². The molecule has 10 nitrogen and oxygen atoms in total. The van der Waals surface area contributed by atoms with Gasteiger partial charge in [0.05, 0.1) is 24.7 Å². The number of aromatic nitrogens is 3. The molecule has 0 spiro atoms. The summed E-state index contributed by atoms with van der Waals surface area (Å²) >= 11 is 0. The number of ether oxygens (including phenoxy) is 1. The Labute approximate surface area is 252 Å². The van der Waals surface area contributed by atoms with E-state index in [9.17, 15) is 14.4 Å². The molecular weight excluding hydrogens is 544 g/mol. The van der Waals surface area contributed by atoms with Crippen LogP contribution in [0.25, 0.3) is 11.0 Å². The molecule has 2 N–H and O–H groups in total. The Morgan fingerprint density at radius 2 is 1.70 bits per heavy atom. The summed E-state index contributed by atoms with van der Waals surface area (Å²) in [6, 6.07) is 13.3. The quantitative estimate of drug-likeness (QED) is 0.366. The SMILES string of the molecule is COc1ccc(C[C@@H]2C[C@@H](C(=O)CCc3ccc4c(c3)nnn4C)N(C(=O)[C@H](N)CCC(=O)N3C4CCC3CC4)C2)cc1. The smallest absolute Gasteiger partial charge is 0.240 e. The number of ketones is 1. The summed E-state index contributed by atoms with van der Waals surface area (Å²) < 4.78 is 7.01. The third kappa shape index (κ3) is 6.16. The molecule has 10 heteroatoms. The molecule has 0 unspecified atom stereocenters. The highest BCUT2D eigenvalue weighted by Gasteiger charge is 2.43. The van der Waals surface area contributed by atoms with E-state index in [0.29, 0.717) is 44.3 Å². The average Bonchev–Trinajstić information content (AvgIpc) is 3.82. The second-order valence-corrected chi connectivity index (χ2v) is 12.6. The first kappa shape index (κ1) is 29.3. The number of carbonyl (C=O) groups excluding carboxylic acids is 3. The Bertz CT molecular complexity index is 1470. The fourth-order valence-corrected chi connectivity index (χ4v) is 7.45. The number of carbonyl (C=O) groups is 3. The van der Waals surface area contributed by atoms with Crippen LogP contribution in [0.15, 0.2) is 42.5 Å². The van der Waals surface area contributed by atoms with Gasteiger partial charge in [0, 0.05) is 38.5 Å². The Hall–Kier alpha value is -3.79. The predicted molar refractivity (Wildman–Crippen MR) is 162 cm³/mol. The maximum atomic E-state index is 13.7. The van der Waals surface area contributed by atoms with Crippen LogP contribution in [0, 0.1) is 5.92 Å². The number of rotatable bonds is 11. The van der Waals surface area contributed by atoms with Crippen molar-refractivity contribution in [1.82, 2.24) is 24.8 Å². The molecule has 0 radical (unpaired) electrons. The molecule has 2 aromatic carbocycles. The Morgan fingerprint density at radius 3 is 2.40 bits per heavy atom. The van der Waals surface area contributed by atoms with Crippen molar-refractivity contribution in [2.75, 3.05) is 13.7 Å². The molecule has 2 amide bonds. The first-order valence-electron chi connectivity index (χ1n) is 15.6. The zero-order chi connectivity index (χ0) is 30.1. The molecule has 1 aromatic heterocycles. The Morgan fingerprint density at radius 1 is 1.00 bits per heavy atom. The van der Waals surface area contributed by atoms with Gasteiger partial charge < -0.3 is 20.3 Å². The summed E-state index contributed by atoms with van der Waals surface area (Å²) in [4.78, 5) is 44.2. The van der Waals surface area contributed by atoms with E-state index in [-0.39, 0.29) is 29.9 Å². The first-order valence-corrected chi connectivity index (χ1v) is 15.6. The Kier molecular flexibility index (Phi) is 8.47. The molecule has 3 aromatic rings. The van der Waals surface area contributed by atoms with Crippen LogP contribution >= 0.6 is 0 Å². The lowest BCUT2D eigenvalue weighted by Gasteiger charge is -2.27. The van der Waals surface area contributed by atoms with Crippen molar-refractivity contribution in [2.24, 2.45) is 18.7 Å². The first-order chi connectivity index (χ1) is 20.8. The summed E-state index contributed by atoms with van der Waals surface area (Å²) in [7, 11) is 3.49. The molecule has 4 heterocycles. The number of aryl methyl sites for hydroxylation is 2. The third-order valence-corrected chi connectivity index (χ3v) is 9.79. The molecule has 3 fully saturated rings. The minimum Gasteiger partial charge on any atom is -0.497 e. The minimum atomic E-state index is -0.807. The van der Waals surface area contributed by atoms with Gasteiger partial charge in [0.25, 0.3) is 0 Å². The molecule has 228 valence electrons. The number of hydrogen-bond donors (Lipinski definition) is 1. The number of amides is 2. The monoisotopic (exact) mass is 586 g/mol. The number of nitrogens with two attached hydrogens (primary N) is 1. The highest BCUT2D eigenvalue weighted by Crippen LogP contribution is 2.38. The number of Topliss-reactive ketones (excluding diaryl/α,β-unsaturated/α-hetero) is 1. The summed E-state index contributed by atoms with van der Waals surface area (Å²) in [6.07, 6.45) is 7.14. The van der Waals surface area contributed by atoms with Gasteiger partial charge in [-0.25, -0.2) is 4.68 Å². The predicted octanol–water partition coefficient (Wildman–Crippen LogP) is 3.20. The molecule has 43 heavy (non-hydrogen) atoms. The lowest BCUT2D eigenvalue weighted by Crippen LogP contribution is -2.49. The molecule has 3 saturated heterocycles. The lowest BCUT2D eigenvalue weighted by atomic mass is 9.94. The maximum Gasteiger partial charge on any atom is 0.240 e. The van der Waals surface area contributed by atoms with Gasteiger partial charge in [-0.05, 0) is 92.7 Å². The largest absolute Gasteiger partial charge is 0.497 e. The van der Waals surface area contributed by atoms with Crippen molar-refractivity contribution in [2.45, 2.75) is 88.4 Å². The average molecular weight is 587 g/mol. The second-order valence-electron chi connectivity index (χ2n) is 12.6. The van der Waals surface area contributed by atoms with Crippen molar-refractivity contribution in [3.05, 3.63) is 53.6 Å². The normalized spacial score (nSPS) is 23.7. The second kappa shape index (κ2) is 12.4. The van der Waals surface area contributed by atoms with Crippen molar-refractivity contribution in [3.63, 3.8) is 0 Å². The van der Waals surface area contributed by atoms with Crippen LogP contribution in [-0.4, -0.2) is 80.2 Å². The Balaban J connectivity index is 1.11. The molecule has 3 aliphatic rings. The van der Waals surface area contributed by atoms with E-state index in [1.165, 1.54) is 0 Å². The summed E-state index contributed by atoms with van der Waals surface area (Å²) in [5.41, 5.74) is 10.3. The maximum absolute atomic E-state index is 13.7. The fourth-order valence-electron chi connectivity index (χ4n) is 7.45. The fraction of sp³-hybridized carbons (Fsp3) is 0.545. The lowest BCUT2D eigenvalue weighted by molar-refractivity contribution is -0.139. The zero-order valence-electron chi connectivity index (χ0n) is 25.2. The van der Waals surface area contributed by atoms with Crippen LogP contribution in [0.4, 0.5) is 0 Å². The van der Waals surface area contributed by atoms with E-state index < -0.39 is 12.1 Å². The summed E-state index contributed by atoms with van der Waals surface area (Å²) in [5, 5.41) is 8.26. The minimum absolute atomic E-state index is 0.0433. The summed E-state index contributed by atoms with van der Waals surface area (Å²) in [6.45, 7) is 0.477. The number of methoxy groups -OCH3 is 1. The highest BCUT2D eigenvalue weighted by molar-refractivity contribution is 5.92. The van der Waals surface area contributed by atoms with Crippen LogP contribution in [0.3, 0.4) is 0 Å². The van der Waals surface area contributed by atoms with Crippen molar-refractivity contribution in [3.8, 4) is 5.75 Å². The highest BCUT2D eigenvalue weighted by atomic mass is 16.5. The van der Waals surface area contributed by atoms with Gasteiger partial charge in [0.1, 0.15) is 11.3 Å². The number of nitrogens with zero attached hydrogens (tertiary/aromatic N) is 5. The molecule has 0 aliphatic carbocycles. The van der Waals surface area contributed by atoms with Crippen LogP contribution < -0.4 is 10.5 Å². The van der Waals surface area contributed by atoms with Gasteiger partial charge in [-0.2, -0.15) is 0 Å². The molecule has 3 atom stereocenters. The van der Waals surface area contributed by atoms with Crippen molar-refractivity contribution < 1.29 is 19.1 Å². The van der Waals surface area contributed by atoms with E-state index in [0.717, 1.165) is 60.0 Å². The van der Waals surface area contributed by atoms with Gasteiger partial charge in [-0.1, -0.05) is 23.4 Å². The van der Waals surface area contributed by atoms with Gasteiger partial charge in [-0.15, -0.1) is 5.10 Å². The van der Waals surface area contributed by atoms with Crippen LogP contribution in [-0.2, 0) is 34.3 Å². The van der Waals surface area contributed by atoms with Gasteiger partial charge in [0.2, 0.25) is 11.8 Å². The van der Waals surface area contributed by atoms with E-state index >= 15 is 0 Å². The van der Waals surface area contributed by atoms with Crippen LogP contribution in [0.2, 0.25) is 0 Å². The zero-order valence-corrected chi connectivity index (χ0v) is 25.2. The van der Waals surface area contributed by atoms with Crippen molar-refractivity contribution in [1.29, 1.82) is 0 Å². The standard InChI is InChI=1S/C33H42N6O4/c1-37-29-14-5-22(18-28(29)35-36-37)6-15-31(40)30-19-23(17-21-3-11-26(43-2)12-4-21)20-38(30)33(42)27(34)13-16-32(41)39-24-7-8-25(39)10-9-24/h3-5,11-12,14,18,23-25,27,30H,6-10,13,15-17,19-20,34H2,1-2H3/t23-,24?,25?,27-,30+/m1/s1. The molecule has 6 rings (SSSR count). The van der Waals surface area contributed by atoms with Gasteiger partial charge >= 0.3 is 0 Å². The topological polar surface area (TPSA) is 124 Å². The van der Waals surface area contributed by atoms with E-state index in [1.54, 1.807) is 16.7 Å². The number of hydrogen-bond acceptors (Lipinski definition) is 7. The summed E-state index contributed by atoms with van der Waals surface area (Å²) in [5.74, 6) is 0.855. The number of benzene rings is 2. The molecule has 0 saturated carbocycles. The number of likely N-dealkylation sites (tertiary alicyclic amines) is 1. The molecule has 3 aliphatic heterocycles. The van der Waals surface area contributed by atoms with Crippen molar-refractivity contribution >= 4 is 28.6 Å². The van der Waals surface area contributed by atoms with Gasteiger partial charge in [-0.3, -0.25) is 14.4 Å². The number of fused-ring (bicyclic) bond motifs is 3.